The third-order valence-corrected chi connectivity index (χ3v) is 7.35. The normalized spacial score (nSPS) is 29.0. The molecular formula is C24H30N4O2. The second-order valence-electron chi connectivity index (χ2n) is 9.68. The van der Waals surface area contributed by atoms with Crippen molar-refractivity contribution in [3.63, 3.8) is 0 Å². The van der Waals surface area contributed by atoms with Crippen LogP contribution in [-0.2, 0) is 22.7 Å². The molecule has 0 saturated heterocycles. The number of benzene rings is 1. The average molecular weight is 407 g/mol. The van der Waals surface area contributed by atoms with Crippen molar-refractivity contribution in [1.29, 1.82) is 0 Å². The highest BCUT2D eigenvalue weighted by Gasteiger charge is 2.54. The summed E-state index contributed by atoms with van der Waals surface area (Å²) in [6.45, 7) is 1.27. The van der Waals surface area contributed by atoms with Crippen molar-refractivity contribution in [2.45, 2.75) is 51.6 Å². The number of hydrogen-bond donors (Lipinski definition) is 2. The fourth-order valence-electron chi connectivity index (χ4n) is 6.34. The maximum absolute atomic E-state index is 12.9. The highest BCUT2D eigenvalue weighted by Crippen LogP contribution is 2.60. The zero-order valence-corrected chi connectivity index (χ0v) is 17.3. The van der Waals surface area contributed by atoms with Crippen LogP contribution in [0.4, 0.5) is 0 Å². The zero-order valence-electron chi connectivity index (χ0n) is 17.3. The maximum atomic E-state index is 12.9. The second kappa shape index (κ2) is 7.89. The molecule has 4 fully saturated rings. The molecule has 6 heteroatoms. The molecule has 4 aliphatic carbocycles. The van der Waals surface area contributed by atoms with Gasteiger partial charge in [0.15, 0.2) is 0 Å². The average Bonchev–Trinajstić information content (AvgIpc) is 3.23. The zero-order chi connectivity index (χ0) is 20.6. The van der Waals surface area contributed by atoms with Crippen LogP contribution in [0.25, 0.3) is 0 Å². The smallest absolute Gasteiger partial charge is 0.239 e. The predicted molar refractivity (Wildman–Crippen MR) is 113 cm³/mol. The SMILES string of the molecule is O=C(CNC(=O)C12CC3CC(CC(C3)C1)C2)NCc1ccc(Cn2cccn2)cc1. The molecule has 0 spiro atoms. The Bertz CT molecular complexity index is 869. The van der Waals surface area contributed by atoms with E-state index in [0.717, 1.165) is 54.7 Å². The molecule has 0 radical (unpaired) electrons. The van der Waals surface area contributed by atoms with Crippen LogP contribution >= 0.6 is 0 Å². The molecule has 0 unspecified atom stereocenters. The number of aromatic nitrogens is 2. The van der Waals surface area contributed by atoms with E-state index in [1.54, 1.807) is 6.20 Å². The van der Waals surface area contributed by atoms with Crippen molar-refractivity contribution in [2.24, 2.45) is 23.2 Å². The topological polar surface area (TPSA) is 76.0 Å². The van der Waals surface area contributed by atoms with Gasteiger partial charge in [-0.3, -0.25) is 14.3 Å². The molecule has 2 amide bonds. The third kappa shape index (κ3) is 4.00. The van der Waals surface area contributed by atoms with Gasteiger partial charge in [0.05, 0.1) is 13.1 Å². The van der Waals surface area contributed by atoms with E-state index in [1.165, 1.54) is 19.3 Å². The van der Waals surface area contributed by atoms with Crippen molar-refractivity contribution >= 4 is 11.8 Å². The molecule has 4 saturated carbocycles. The van der Waals surface area contributed by atoms with Crippen LogP contribution < -0.4 is 10.6 Å². The summed E-state index contributed by atoms with van der Waals surface area (Å²) in [4.78, 5) is 25.2. The molecule has 2 aromatic rings. The van der Waals surface area contributed by atoms with E-state index in [-0.39, 0.29) is 23.8 Å². The van der Waals surface area contributed by atoms with E-state index < -0.39 is 0 Å². The summed E-state index contributed by atoms with van der Waals surface area (Å²) in [5, 5.41) is 10.1. The number of hydrogen-bond acceptors (Lipinski definition) is 3. The highest BCUT2D eigenvalue weighted by atomic mass is 16.2. The van der Waals surface area contributed by atoms with Gasteiger partial charge < -0.3 is 10.6 Å². The van der Waals surface area contributed by atoms with E-state index in [9.17, 15) is 9.59 Å². The van der Waals surface area contributed by atoms with Gasteiger partial charge in [0.25, 0.3) is 0 Å². The number of rotatable bonds is 7. The first-order valence-corrected chi connectivity index (χ1v) is 11.2. The molecule has 4 aliphatic rings. The molecule has 6 nitrogen and oxygen atoms in total. The molecule has 1 aromatic heterocycles. The van der Waals surface area contributed by atoms with Crippen LogP contribution in [0.2, 0.25) is 0 Å². The molecule has 1 heterocycles. The second-order valence-corrected chi connectivity index (χ2v) is 9.68. The van der Waals surface area contributed by atoms with E-state index in [4.69, 9.17) is 0 Å². The number of carbonyl (C=O) groups excluding carboxylic acids is 2. The number of carbonyl (C=O) groups is 2. The standard InChI is InChI=1S/C24H30N4O2/c29-22(25-14-17-2-4-18(5-3-17)16-28-7-1-6-27-28)15-26-23(30)24-11-19-8-20(12-24)10-21(9-19)13-24/h1-7,19-21H,8-16H2,(H,25,29)(H,26,30). The Labute approximate surface area is 177 Å². The van der Waals surface area contributed by atoms with Gasteiger partial charge in [-0.05, 0) is 73.5 Å². The predicted octanol–water partition coefficient (Wildman–Crippen LogP) is 2.88. The quantitative estimate of drug-likeness (QED) is 0.742. The van der Waals surface area contributed by atoms with E-state index >= 15 is 0 Å². The van der Waals surface area contributed by atoms with Gasteiger partial charge in [-0.2, -0.15) is 5.10 Å². The molecular weight excluding hydrogens is 376 g/mol. The Morgan fingerprint density at radius 3 is 2.20 bits per heavy atom. The lowest BCUT2D eigenvalue weighted by Crippen LogP contribution is -2.54. The first-order valence-electron chi connectivity index (χ1n) is 11.2. The van der Waals surface area contributed by atoms with Crippen LogP contribution in [0, 0.1) is 23.2 Å². The molecule has 1 aromatic carbocycles. The molecule has 2 N–H and O–H groups in total. The highest BCUT2D eigenvalue weighted by molar-refractivity contribution is 5.88. The molecule has 6 rings (SSSR count). The maximum Gasteiger partial charge on any atom is 0.239 e. The van der Waals surface area contributed by atoms with E-state index in [0.29, 0.717) is 6.54 Å². The fourth-order valence-corrected chi connectivity index (χ4v) is 6.34. The number of nitrogens with zero attached hydrogens (tertiary/aromatic N) is 2. The van der Waals surface area contributed by atoms with Crippen molar-refractivity contribution in [3.05, 3.63) is 53.9 Å². The van der Waals surface area contributed by atoms with Crippen LogP contribution in [0.1, 0.15) is 49.7 Å². The van der Waals surface area contributed by atoms with Gasteiger partial charge in [-0.1, -0.05) is 24.3 Å². The monoisotopic (exact) mass is 406 g/mol. The van der Waals surface area contributed by atoms with Crippen molar-refractivity contribution in [1.82, 2.24) is 20.4 Å². The van der Waals surface area contributed by atoms with Crippen LogP contribution in [0.3, 0.4) is 0 Å². The summed E-state index contributed by atoms with van der Waals surface area (Å²) in [6, 6.07) is 10.1. The number of amides is 2. The summed E-state index contributed by atoms with van der Waals surface area (Å²) >= 11 is 0. The van der Waals surface area contributed by atoms with Gasteiger partial charge in [0.1, 0.15) is 0 Å². The van der Waals surface area contributed by atoms with Gasteiger partial charge in [-0.25, -0.2) is 0 Å². The van der Waals surface area contributed by atoms with Crippen LogP contribution in [0.15, 0.2) is 42.7 Å². The molecule has 30 heavy (non-hydrogen) atoms. The van der Waals surface area contributed by atoms with Gasteiger partial charge in [0, 0.05) is 24.4 Å². The minimum absolute atomic E-state index is 0.0674. The third-order valence-electron chi connectivity index (χ3n) is 7.35. The molecule has 4 bridgehead atoms. The van der Waals surface area contributed by atoms with Crippen LogP contribution in [-0.4, -0.2) is 28.1 Å². The van der Waals surface area contributed by atoms with Gasteiger partial charge in [0.2, 0.25) is 11.8 Å². The van der Waals surface area contributed by atoms with Crippen LogP contribution in [0.5, 0.6) is 0 Å². The lowest BCUT2D eigenvalue weighted by Gasteiger charge is -2.55. The Morgan fingerprint density at radius 1 is 0.967 bits per heavy atom. The minimum atomic E-state index is -0.195. The lowest BCUT2D eigenvalue weighted by atomic mass is 9.49. The summed E-state index contributed by atoms with van der Waals surface area (Å²) in [5.41, 5.74) is 2.01. The lowest BCUT2D eigenvalue weighted by molar-refractivity contribution is -0.147. The Kier molecular flexibility index (Phi) is 5.09. The first kappa shape index (κ1) is 19.3. The Balaban J connectivity index is 1.08. The van der Waals surface area contributed by atoms with Gasteiger partial charge in [-0.15, -0.1) is 0 Å². The van der Waals surface area contributed by atoms with Crippen molar-refractivity contribution in [3.8, 4) is 0 Å². The van der Waals surface area contributed by atoms with E-state index in [2.05, 4.69) is 27.9 Å². The molecule has 158 valence electrons. The van der Waals surface area contributed by atoms with Gasteiger partial charge >= 0.3 is 0 Å². The minimum Gasteiger partial charge on any atom is -0.350 e. The molecule has 0 atom stereocenters. The summed E-state index contributed by atoms with van der Waals surface area (Å²) in [6.07, 6.45) is 10.7. The Morgan fingerprint density at radius 2 is 1.60 bits per heavy atom. The Hall–Kier alpha value is -2.63. The summed E-state index contributed by atoms with van der Waals surface area (Å²) in [5.74, 6) is 2.17. The fraction of sp³-hybridized carbons (Fsp3) is 0.542. The van der Waals surface area contributed by atoms with Crippen molar-refractivity contribution < 1.29 is 9.59 Å². The van der Waals surface area contributed by atoms with E-state index in [1.807, 2.05) is 29.1 Å². The first-order chi connectivity index (χ1) is 14.6. The number of nitrogens with one attached hydrogen (secondary N) is 2. The summed E-state index contributed by atoms with van der Waals surface area (Å²) < 4.78 is 1.88. The van der Waals surface area contributed by atoms with Crippen molar-refractivity contribution in [2.75, 3.05) is 6.54 Å². The largest absolute Gasteiger partial charge is 0.350 e. The summed E-state index contributed by atoms with van der Waals surface area (Å²) in [7, 11) is 0. The molecule has 0 aliphatic heterocycles.